The lowest BCUT2D eigenvalue weighted by molar-refractivity contribution is 0.214. The van der Waals surface area contributed by atoms with Gasteiger partial charge in [0.2, 0.25) is 0 Å². The van der Waals surface area contributed by atoms with Gasteiger partial charge in [0.15, 0.2) is 0 Å². The fraction of sp³-hybridized carbons (Fsp3) is 1.00. The summed E-state index contributed by atoms with van der Waals surface area (Å²) in [7, 11) is 4.09. The first-order valence-corrected chi connectivity index (χ1v) is 6.29. The van der Waals surface area contributed by atoms with Gasteiger partial charge in [-0.3, -0.25) is 0 Å². The molecule has 0 aromatic heterocycles. The first kappa shape index (κ1) is 15.8. The van der Waals surface area contributed by atoms with Gasteiger partial charge in [0.1, 0.15) is 0 Å². The third-order valence-electron chi connectivity index (χ3n) is 2.79. The summed E-state index contributed by atoms with van der Waals surface area (Å²) >= 11 is 0. The van der Waals surface area contributed by atoms with E-state index in [1.165, 1.54) is 25.7 Å². The SMILES string of the molecule is CN(CCO)CCCCCCN(C)CCO. The van der Waals surface area contributed by atoms with Crippen molar-refractivity contribution in [3.05, 3.63) is 0 Å². The zero-order valence-corrected chi connectivity index (χ0v) is 10.9. The second-order valence-electron chi connectivity index (χ2n) is 4.47. The quantitative estimate of drug-likeness (QED) is 0.506. The van der Waals surface area contributed by atoms with E-state index in [0.29, 0.717) is 0 Å². The Bertz CT molecular complexity index is 129. The largest absolute Gasteiger partial charge is 0.395 e. The van der Waals surface area contributed by atoms with E-state index in [1.54, 1.807) is 0 Å². The summed E-state index contributed by atoms with van der Waals surface area (Å²) in [5.74, 6) is 0. The molecular weight excluding hydrogens is 204 g/mol. The molecule has 0 fully saturated rings. The van der Waals surface area contributed by atoms with E-state index in [-0.39, 0.29) is 13.2 Å². The lowest BCUT2D eigenvalue weighted by Crippen LogP contribution is -2.24. The van der Waals surface area contributed by atoms with Crippen LogP contribution in [0.5, 0.6) is 0 Å². The average Bonchev–Trinajstić information content (AvgIpc) is 2.24. The van der Waals surface area contributed by atoms with Gasteiger partial charge in [0.05, 0.1) is 13.2 Å². The second-order valence-corrected chi connectivity index (χ2v) is 4.47. The van der Waals surface area contributed by atoms with Crippen molar-refractivity contribution in [2.75, 3.05) is 53.5 Å². The van der Waals surface area contributed by atoms with Crippen LogP contribution in [0.25, 0.3) is 0 Å². The highest BCUT2D eigenvalue weighted by Crippen LogP contribution is 2.01. The molecule has 2 N–H and O–H groups in total. The van der Waals surface area contributed by atoms with E-state index in [4.69, 9.17) is 10.2 Å². The van der Waals surface area contributed by atoms with Crippen LogP contribution in [0.4, 0.5) is 0 Å². The summed E-state index contributed by atoms with van der Waals surface area (Å²) in [5.41, 5.74) is 0. The van der Waals surface area contributed by atoms with Gasteiger partial charge < -0.3 is 20.0 Å². The number of rotatable bonds is 11. The lowest BCUT2D eigenvalue weighted by atomic mass is 10.2. The van der Waals surface area contributed by atoms with Crippen molar-refractivity contribution in [1.29, 1.82) is 0 Å². The van der Waals surface area contributed by atoms with Crippen LogP contribution >= 0.6 is 0 Å². The molecule has 0 unspecified atom stereocenters. The normalized spacial score (nSPS) is 11.6. The van der Waals surface area contributed by atoms with Gasteiger partial charge in [0.25, 0.3) is 0 Å². The van der Waals surface area contributed by atoms with Crippen molar-refractivity contribution < 1.29 is 10.2 Å². The minimum absolute atomic E-state index is 0.252. The molecule has 0 saturated heterocycles. The standard InChI is InChI=1S/C12H28N2O2/c1-13(9-11-15)7-5-3-4-6-8-14(2)10-12-16/h15-16H,3-12H2,1-2H3. The zero-order valence-electron chi connectivity index (χ0n) is 10.9. The van der Waals surface area contributed by atoms with Crippen molar-refractivity contribution in [2.45, 2.75) is 25.7 Å². The van der Waals surface area contributed by atoms with Crippen LogP contribution in [-0.2, 0) is 0 Å². The molecule has 4 nitrogen and oxygen atoms in total. The van der Waals surface area contributed by atoms with Crippen molar-refractivity contribution in [1.82, 2.24) is 9.80 Å². The molecule has 0 atom stereocenters. The Labute approximate surface area is 99.9 Å². The van der Waals surface area contributed by atoms with Crippen LogP contribution in [0.1, 0.15) is 25.7 Å². The predicted molar refractivity (Wildman–Crippen MR) is 67.6 cm³/mol. The molecule has 98 valence electrons. The Balaban J connectivity index is 3.15. The van der Waals surface area contributed by atoms with E-state index in [0.717, 1.165) is 26.2 Å². The number of hydrogen-bond donors (Lipinski definition) is 2. The highest BCUT2D eigenvalue weighted by molar-refractivity contribution is 4.54. The number of aliphatic hydroxyl groups is 2. The molecule has 0 spiro atoms. The predicted octanol–water partition coefficient (Wildman–Crippen LogP) is 0.395. The van der Waals surface area contributed by atoms with Crippen LogP contribution in [0.2, 0.25) is 0 Å². The summed E-state index contributed by atoms with van der Waals surface area (Å²) in [6, 6.07) is 0. The number of likely N-dealkylation sites (N-methyl/N-ethyl adjacent to an activating group) is 2. The maximum atomic E-state index is 8.72. The third kappa shape index (κ3) is 10.4. The minimum atomic E-state index is 0.252. The summed E-state index contributed by atoms with van der Waals surface area (Å²) in [6.07, 6.45) is 4.92. The molecule has 4 heteroatoms. The van der Waals surface area contributed by atoms with Crippen molar-refractivity contribution in [2.24, 2.45) is 0 Å². The number of nitrogens with zero attached hydrogens (tertiary/aromatic N) is 2. The molecule has 0 bridgehead atoms. The van der Waals surface area contributed by atoms with E-state index in [2.05, 4.69) is 9.80 Å². The molecular formula is C12H28N2O2. The van der Waals surface area contributed by atoms with E-state index < -0.39 is 0 Å². The average molecular weight is 232 g/mol. The second kappa shape index (κ2) is 11.3. The van der Waals surface area contributed by atoms with Crippen LogP contribution in [-0.4, -0.2) is 73.5 Å². The van der Waals surface area contributed by atoms with Gasteiger partial charge in [-0.1, -0.05) is 12.8 Å². The highest BCUT2D eigenvalue weighted by Gasteiger charge is 1.98. The molecule has 0 radical (unpaired) electrons. The number of aliphatic hydroxyl groups excluding tert-OH is 2. The smallest absolute Gasteiger partial charge is 0.0558 e. The molecule has 0 aromatic rings. The van der Waals surface area contributed by atoms with Crippen LogP contribution in [0.15, 0.2) is 0 Å². The third-order valence-corrected chi connectivity index (χ3v) is 2.79. The maximum absolute atomic E-state index is 8.72. The Morgan fingerprint density at radius 1 is 0.625 bits per heavy atom. The van der Waals surface area contributed by atoms with Gasteiger partial charge in [-0.05, 0) is 40.0 Å². The summed E-state index contributed by atoms with van der Waals surface area (Å²) in [4.78, 5) is 4.33. The molecule has 16 heavy (non-hydrogen) atoms. The van der Waals surface area contributed by atoms with Crippen LogP contribution in [0.3, 0.4) is 0 Å². The van der Waals surface area contributed by atoms with Gasteiger partial charge in [-0.15, -0.1) is 0 Å². The van der Waals surface area contributed by atoms with E-state index >= 15 is 0 Å². The minimum Gasteiger partial charge on any atom is -0.395 e. The highest BCUT2D eigenvalue weighted by atomic mass is 16.3. The molecule has 0 aliphatic rings. The summed E-state index contributed by atoms with van der Waals surface area (Å²) in [5, 5.41) is 17.4. The van der Waals surface area contributed by atoms with Gasteiger partial charge in [-0.2, -0.15) is 0 Å². The fourth-order valence-corrected chi connectivity index (χ4v) is 1.68. The molecule has 0 rings (SSSR count). The van der Waals surface area contributed by atoms with Crippen LogP contribution < -0.4 is 0 Å². The molecule has 0 aromatic carbocycles. The topological polar surface area (TPSA) is 46.9 Å². The monoisotopic (exact) mass is 232 g/mol. The van der Waals surface area contributed by atoms with E-state index in [1.807, 2.05) is 14.1 Å². The Morgan fingerprint density at radius 3 is 1.31 bits per heavy atom. The Kier molecular flexibility index (Phi) is 11.2. The van der Waals surface area contributed by atoms with E-state index in [9.17, 15) is 0 Å². The fourth-order valence-electron chi connectivity index (χ4n) is 1.68. The van der Waals surface area contributed by atoms with Crippen molar-refractivity contribution in [3.8, 4) is 0 Å². The lowest BCUT2D eigenvalue weighted by Gasteiger charge is -2.16. The van der Waals surface area contributed by atoms with Gasteiger partial charge in [-0.25, -0.2) is 0 Å². The molecule has 0 amide bonds. The first-order chi connectivity index (χ1) is 7.70. The summed E-state index contributed by atoms with van der Waals surface area (Å²) < 4.78 is 0. The molecule has 0 aliphatic carbocycles. The van der Waals surface area contributed by atoms with Crippen LogP contribution in [0, 0.1) is 0 Å². The Morgan fingerprint density at radius 2 is 1.00 bits per heavy atom. The molecule has 0 heterocycles. The maximum Gasteiger partial charge on any atom is 0.0558 e. The van der Waals surface area contributed by atoms with Crippen molar-refractivity contribution >= 4 is 0 Å². The molecule has 0 saturated carbocycles. The summed E-state index contributed by atoms with van der Waals surface area (Å²) in [6.45, 7) is 4.21. The van der Waals surface area contributed by atoms with Crippen molar-refractivity contribution in [3.63, 3.8) is 0 Å². The molecule has 0 aliphatic heterocycles. The Hall–Kier alpha value is -0.160. The van der Waals surface area contributed by atoms with Gasteiger partial charge in [0, 0.05) is 13.1 Å². The van der Waals surface area contributed by atoms with Gasteiger partial charge >= 0.3 is 0 Å². The number of unbranched alkanes of at least 4 members (excludes halogenated alkanes) is 3. The zero-order chi connectivity index (χ0) is 12.2. The number of hydrogen-bond acceptors (Lipinski definition) is 4. The first-order valence-electron chi connectivity index (χ1n) is 6.29.